The molecule has 0 aromatic heterocycles. The second-order valence-corrected chi connectivity index (χ2v) is 7.12. The van der Waals surface area contributed by atoms with E-state index in [1.165, 1.54) is 11.6 Å². The van der Waals surface area contributed by atoms with Crippen LogP contribution in [0.5, 0.6) is 0 Å². The molecule has 0 saturated heterocycles. The molecule has 0 spiro atoms. The summed E-state index contributed by atoms with van der Waals surface area (Å²) in [6, 6.07) is 5.80. The molecule has 19 heavy (non-hydrogen) atoms. The summed E-state index contributed by atoms with van der Waals surface area (Å²) in [5.74, 6) is 0.359. The van der Waals surface area contributed by atoms with Crippen molar-refractivity contribution in [1.82, 2.24) is 5.32 Å². The third kappa shape index (κ3) is 4.88. The molecule has 0 saturated carbocycles. The van der Waals surface area contributed by atoms with Gasteiger partial charge in [-0.2, -0.15) is 0 Å². The number of nitrogens with one attached hydrogen (secondary N) is 1. The number of hydrogen-bond acceptors (Lipinski definition) is 1. The van der Waals surface area contributed by atoms with Gasteiger partial charge in [0.15, 0.2) is 0 Å². The van der Waals surface area contributed by atoms with Gasteiger partial charge in [-0.1, -0.05) is 40.7 Å². The SMILES string of the molecule is CC(C)NCC(C)(Cc1ccc(F)c(Br)c1)C(C)C. The van der Waals surface area contributed by atoms with Gasteiger partial charge >= 0.3 is 0 Å². The summed E-state index contributed by atoms with van der Waals surface area (Å²) >= 11 is 3.26. The van der Waals surface area contributed by atoms with E-state index in [0.29, 0.717) is 16.4 Å². The lowest BCUT2D eigenvalue weighted by atomic mass is 9.74. The van der Waals surface area contributed by atoms with Crippen LogP contribution in [0.1, 0.15) is 40.2 Å². The molecular formula is C16H25BrFN. The summed E-state index contributed by atoms with van der Waals surface area (Å²) in [5.41, 5.74) is 1.34. The number of rotatable bonds is 6. The minimum atomic E-state index is -0.199. The second-order valence-electron chi connectivity index (χ2n) is 6.27. The molecule has 0 amide bonds. The molecule has 3 heteroatoms. The lowest BCUT2D eigenvalue weighted by molar-refractivity contribution is 0.202. The summed E-state index contributed by atoms with van der Waals surface area (Å²) in [5, 5.41) is 3.53. The minimum Gasteiger partial charge on any atom is -0.314 e. The van der Waals surface area contributed by atoms with Crippen LogP contribution in [-0.2, 0) is 6.42 Å². The van der Waals surface area contributed by atoms with Gasteiger partial charge in [-0.3, -0.25) is 0 Å². The zero-order valence-corrected chi connectivity index (χ0v) is 14.1. The molecule has 0 heterocycles. The molecule has 1 N–H and O–H groups in total. The third-order valence-corrected chi connectivity index (χ3v) is 4.51. The smallest absolute Gasteiger partial charge is 0.137 e. The van der Waals surface area contributed by atoms with Crippen molar-refractivity contribution < 1.29 is 4.39 Å². The molecule has 1 aromatic carbocycles. The number of hydrogen-bond donors (Lipinski definition) is 1. The Morgan fingerprint density at radius 2 is 1.89 bits per heavy atom. The van der Waals surface area contributed by atoms with Crippen LogP contribution in [0.25, 0.3) is 0 Å². The molecule has 0 aliphatic heterocycles. The highest BCUT2D eigenvalue weighted by molar-refractivity contribution is 9.10. The maximum Gasteiger partial charge on any atom is 0.137 e. The highest BCUT2D eigenvalue weighted by atomic mass is 79.9. The standard InChI is InChI=1S/C16H25BrFN/c1-11(2)16(5,10-19-12(3)4)9-13-6-7-15(18)14(17)8-13/h6-8,11-12,19H,9-10H2,1-5H3. The van der Waals surface area contributed by atoms with E-state index >= 15 is 0 Å². The van der Waals surface area contributed by atoms with Crippen LogP contribution in [0.2, 0.25) is 0 Å². The van der Waals surface area contributed by atoms with Gasteiger partial charge in [0.05, 0.1) is 4.47 Å². The Labute approximate surface area is 125 Å². The summed E-state index contributed by atoms with van der Waals surface area (Å²) in [7, 11) is 0. The normalized spacial score (nSPS) is 15.0. The monoisotopic (exact) mass is 329 g/mol. The van der Waals surface area contributed by atoms with Gasteiger partial charge in [0.2, 0.25) is 0 Å². The van der Waals surface area contributed by atoms with Crippen LogP contribution in [0, 0.1) is 17.2 Å². The Bertz CT molecular complexity index is 417. The summed E-state index contributed by atoms with van der Waals surface area (Å²) in [6.07, 6.45) is 0.948. The predicted molar refractivity (Wildman–Crippen MR) is 83.9 cm³/mol. The van der Waals surface area contributed by atoms with E-state index in [1.54, 1.807) is 0 Å². The van der Waals surface area contributed by atoms with E-state index in [2.05, 4.69) is 55.9 Å². The van der Waals surface area contributed by atoms with Crippen molar-refractivity contribution in [2.24, 2.45) is 11.3 Å². The molecular weight excluding hydrogens is 305 g/mol. The molecule has 0 fully saturated rings. The third-order valence-electron chi connectivity index (χ3n) is 3.90. The highest BCUT2D eigenvalue weighted by Crippen LogP contribution is 2.32. The topological polar surface area (TPSA) is 12.0 Å². The first-order chi connectivity index (χ1) is 8.74. The van der Waals surface area contributed by atoms with Crippen molar-refractivity contribution in [3.63, 3.8) is 0 Å². The van der Waals surface area contributed by atoms with Crippen molar-refractivity contribution in [3.05, 3.63) is 34.1 Å². The number of halogens is 2. The van der Waals surface area contributed by atoms with E-state index in [9.17, 15) is 4.39 Å². The molecule has 1 atom stereocenters. The van der Waals surface area contributed by atoms with Crippen LogP contribution in [-0.4, -0.2) is 12.6 Å². The van der Waals surface area contributed by atoms with E-state index in [1.807, 2.05) is 12.1 Å². The van der Waals surface area contributed by atoms with Gasteiger partial charge in [0.1, 0.15) is 5.82 Å². The minimum absolute atomic E-state index is 0.168. The van der Waals surface area contributed by atoms with Gasteiger partial charge in [-0.25, -0.2) is 4.39 Å². The molecule has 0 bridgehead atoms. The van der Waals surface area contributed by atoms with Crippen LogP contribution >= 0.6 is 15.9 Å². The fraction of sp³-hybridized carbons (Fsp3) is 0.625. The van der Waals surface area contributed by atoms with Gasteiger partial charge < -0.3 is 5.32 Å². The Morgan fingerprint density at radius 3 is 2.37 bits per heavy atom. The molecule has 108 valence electrons. The maximum atomic E-state index is 13.3. The first-order valence-electron chi connectivity index (χ1n) is 6.92. The Hall–Kier alpha value is -0.410. The zero-order chi connectivity index (χ0) is 14.6. The zero-order valence-electron chi connectivity index (χ0n) is 12.6. The van der Waals surface area contributed by atoms with Gasteiger partial charge in [0.25, 0.3) is 0 Å². The van der Waals surface area contributed by atoms with Gasteiger partial charge in [0, 0.05) is 12.6 Å². The first kappa shape index (κ1) is 16.6. The van der Waals surface area contributed by atoms with Crippen LogP contribution < -0.4 is 5.32 Å². The Kier molecular flexibility index (Phi) is 6.00. The van der Waals surface area contributed by atoms with Gasteiger partial charge in [-0.05, 0) is 51.4 Å². The summed E-state index contributed by atoms with van der Waals surface area (Å²) < 4.78 is 13.8. The van der Waals surface area contributed by atoms with Crippen molar-refractivity contribution in [1.29, 1.82) is 0 Å². The quantitative estimate of drug-likeness (QED) is 0.791. The largest absolute Gasteiger partial charge is 0.314 e. The molecule has 0 aliphatic carbocycles. The van der Waals surface area contributed by atoms with E-state index in [4.69, 9.17) is 0 Å². The highest BCUT2D eigenvalue weighted by Gasteiger charge is 2.28. The van der Waals surface area contributed by atoms with Crippen molar-refractivity contribution in [3.8, 4) is 0 Å². The summed E-state index contributed by atoms with van der Waals surface area (Å²) in [6.45, 7) is 12.1. The summed E-state index contributed by atoms with van der Waals surface area (Å²) in [4.78, 5) is 0. The average molecular weight is 330 g/mol. The van der Waals surface area contributed by atoms with Crippen LogP contribution in [0.4, 0.5) is 4.39 Å². The molecule has 1 unspecified atom stereocenters. The van der Waals surface area contributed by atoms with E-state index in [0.717, 1.165) is 13.0 Å². The lowest BCUT2D eigenvalue weighted by Gasteiger charge is -2.35. The molecule has 1 nitrogen and oxygen atoms in total. The Balaban J connectivity index is 2.85. The molecule has 0 radical (unpaired) electrons. The fourth-order valence-corrected chi connectivity index (χ4v) is 2.45. The van der Waals surface area contributed by atoms with Gasteiger partial charge in [-0.15, -0.1) is 0 Å². The van der Waals surface area contributed by atoms with E-state index < -0.39 is 0 Å². The fourth-order valence-electron chi connectivity index (χ4n) is 2.02. The number of benzene rings is 1. The van der Waals surface area contributed by atoms with E-state index in [-0.39, 0.29) is 11.2 Å². The second kappa shape index (κ2) is 6.85. The van der Waals surface area contributed by atoms with Crippen molar-refractivity contribution in [2.75, 3.05) is 6.54 Å². The predicted octanol–water partition coefficient (Wildman–Crippen LogP) is 4.79. The first-order valence-corrected chi connectivity index (χ1v) is 7.71. The van der Waals surface area contributed by atoms with Crippen molar-refractivity contribution in [2.45, 2.75) is 47.1 Å². The molecule has 1 aromatic rings. The maximum absolute atomic E-state index is 13.3. The molecule has 1 rings (SSSR count). The average Bonchev–Trinajstić information content (AvgIpc) is 2.31. The van der Waals surface area contributed by atoms with Crippen LogP contribution in [0.15, 0.2) is 22.7 Å². The molecule has 0 aliphatic rings. The lowest BCUT2D eigenvalue weighted by Crippen LogP contribution is -2.40. The van der Waals surface area contributed by atoms with Crippen LogP contribution in [0.3, 0.4) is 0 Å². The van der Waals surface area contributed by atoms with Crippen molar-refractivity contribution >= 4 is 15.9 Å². The Morgan fingerprint density at radius 1 is 1.26 bits per heavy atom.